The normalized spacial score (nSPS) is 13.6. The number of aromatic carboxylic acids is 1. The summed E-state index contributed by atoms with van der Waals surface area (Å²) in [6.45, 7) is 0.827. The van der Waals surface area contributed by atoms with Crippen molar-refractivity contribution >= 4 is 17.6 Å². The van der Waals surface area contributed by atoms with Gasteiger partial charge in [-0.05, 0) is 37.1 Å². The largest absolute Gasteiger partial charge is 0.476 e. The Morgan fingerprint density at radius 1 is 1.33 bits per heavy atom. The molecular formula is C13H11ClN2O2. The first-order valence-corrected chi connectivity index (χ1v) is 6.13. The Hall–Kier alpha value is -1.81. The smallest absolute Gasteiger partial charge is 0.356 e. The minimum absolute atomic E-state index is 0.178. The van der Waals surface area contributed by atoms with Crippen molar-refractivity contribution in [3.8, 4) is 11.4 Å². The molecule has 2 aromatic rings. The molecule has 1 aliphatic rings. The Morgan fingerprint density at radius 2 is 2.06 bits per heavy atom. The van der Waals surface area contributed by atoms with Crippen LogP contribution in [0.1, 0.15) is 22.6 Å². The van der Waals surface area contributed by atoms with E-state index in [0.717, 1.165) is 36.5 Å². The standard InChI is InChI=1S/C13H11ClN2O2/c14-9-5-3-8(4-6-9)12-15-11(13(17)18)10-2-1-7-16(10)12/h3-6H,1-2,7H2,(H,17,18). The number of hydrogen-bond acceptors (Lipinski definition) is 2. The molecule has 5 heteroatoms. The molecule has 0 unspecified atom stereocenters. The lowest BCUT2D eigenvalue weighted by Gasteiger charge is -2.03. The Bertz CT molecular complexity index is 617. The lowest BCUT2D eigenvalue weighted by atomic mass is 10.2. The topological polar surface area (TPSA) is 55.1 Å². The average Bonchev–Trinajstić information content (AvgIpc) is 2.91. The zero-order chi connectivity index (χ0) is 12.7. The van der Waals surface area contributed by atoms with Crippen LogP contribution in [-0.4, -0.2) is 20.6 Å². The van der Waals surface area contributed by atoms with Crippen molar-refractivity contribution in [2.45, 2.75) is 19.4 Å². The van der Waals surface area contributed by atoms with E-state index < -0.39 is 5.97 Å². The summed E-state index contributed by atoms with van der Waals surface area (Å²) < 4.78 is 1.99. The summed E-state index contributed by atoms with van der Waals surface area (Å²) in [6, 6.07) is 7.30. The fraction of sp³-hybridized carbons (Fsp3) is 0.231. The third-order valence-electron chi connectivity index (χ3n) is 3.17. The van der Waals surface area contributed by atoms with Gasteiger partial charge in [-0.15, -0.1) is 0 Å². The molecule has 2 heterocycles. The van der Waals surface area contributed by atoms with Crippen molar-refractivity contribution in [2.75, 3.05) is 0 Å². The molecule has 4 nitrogen and oxygen atoms in total. The van der Waals surface area contributed by atoms with Crippen LogP contribution >= 0.6 is 11.6 Å². The monoisotopic (exact) mass is 262 g/mol. The molecule has 92 valence electrons. The number of carbonyl (C=O) groups is 1. The zero-order valence-electron chi connectivity index (χ0n) is 9.56. The van der Waals surface area contributed by atoms with E-state index in [0.29, 0.717) is 5.02 Å². The van der Waals surface area contributed by atoms with Crippen LogP contribution in [0.3, 0.4) is 0 Å². The second-order valence-corrected chi connectivity index (χ2v) is 4.73. The summed E-state index contributed by atoms with van der Waals surface area (Å²) in [7, 11) is 0. The lowest BCUT2D eigenvalue weighted by Crippen LogP contribution is -2.00. The van der Waals surface area contributed by atoms with Crippen molar-refractivity contribution in [3.63, 3.8) is 0 Å². The highest BCUT2D eigenvalue weighted by Gasteiger charge is 2.25. The van der Waals surface area contributed by atoms with Crippen LogP contribution in [0.25, 0.3) is 11.4 Å². The van der Waals surface area contributed by atoms with Crippen LogP contribution in [-0.2, 0) is 13.0 Å². The van der Waals surface area contributed by atoms with Crippen LogP contribution in [0.4, 0.5) is 0 Å². The maximum absolute atomic E-state index is 11.2. The van der Waals surface area contributed by atoms with Gasteiger partial charge in [0.1, 0.15) is 5.82 Å². The number of imidazole rings is 1. The highest BCUT2D eigenvalue weighted by atomic mass is 35.5. The minimum Gasteiger partial charge on any atom is -0.476 e. The Kier molecular flexibility index (Phi) is 2.59. The summed E-state index contributed by atoms with van der Waals surface area (Å²) in [4.78, 5) is 15.4. The maximum atomic E-state index is 11.2. The second kappa shape index (κ2) is 4.14. The van der Waals surface area contributed by atoms with Crippen molar-refractivity contribution in [3.05, 3.63) is 40.7 Å². The summed E-state index contributed by atoms with van der Waals surface area (Å²) in [5.74, 6) is -0.238. The number of benzene rings is 1. The van der Waals surface area contributed by atoms with Gasteiger partial charge in [0.15, 0.2) is 5.69 Å². The van der Waals surface area contributed by atoms with E-state index in [-0.39, 0.29) is 5.69 Å². The first-order chi connectivity index (χ1) is 8.66. The van der Waals surface area contributed by atoms with Crippen molar-refractivity contribution in [1.29, 1.82) is 0 Å². The predicted molar refractivity (Wildman–Crippen MR) is 68.0 cm³/mol. The van der Waals surface area contributed by atoms with Crippen LogP contribution < -0.4 is 0 Å². The number of hydrogen-bond donors (Lipinski definition) is 1. The van der Waals surface area contributed by atoms with Gasteiger partial charge in [0.05, 0.1) is 5.69 Å². The molecule has 0 spiro atoms. The van der Waals surface area contributed by atoms with Gasteiger partial charge in [-0.1, -0.05) is 11.6 Å². The van der Waals surface area contributed by atoms with E-state index in [1.807, 2.05) is 16.7 Å². The fourth-order valence-electron chi connectivity index (χ4n) is 2.38. The molecule has 0 bridgehead atoms. The van der Waals surface area contributed by atoms with Crippen molar-refractivity contribution in [1.82, 2.24) is 9.55 Å². The number of aromatic nitrogens is 2. The summed E-state index contributed by atoms with van der Waals surface area (Å²) in [6.07, 6.45) is 1.75. The molecule has 0 aliphatic carbocycles. The molecule has 0 radical (unpaired) electrons. The van der Waals surface area contributed by atoms with Crippen LogP contribution in [0.2, 0.25) is 5.02 Å². The minimum atomic E-state index is -0.958. The molecule has 0 amide bonds. The molecule has 0 saturated carbocycles. The molecular weight excluding hydrogens is 252 g/mol. The number of halogens is 1. The highest BCUT2D eigenvalue weighted by Crippen LogP contribution is 2.28. The van der Waals surface area contributed by atoms with Gasteiger partial charge < -0.3 is 9.67 Å². The third kappa shape index (κ3) is 1.69. The molecule has 1 aromatic heterocycles. The van der Waals surface area contributed by atoms with Crippen LogP contribution in [0.5, 0.6) is 0 Å². The molecule has 3 rings (SSSR count). The van der Waals surface area contributed by atoms with Gasteiger partial charge in [-0.3, -0.25) is 0 Å². The molecule has 1 N–H and O–H groups in total. The molecule has 1 aliphatic heterocycles. The number of rotatable bonds is 2. The molecule has 0 atom stereocenters. The van der Waals surface area contributed by atoms with E-state index in [1.54, 1.807) is 12.1 Å². The number of nitrogens with zero attached hydrogens (tertiary/aromatic N) is 2. The van der Waals surface area contributed by atoms with Gasteiger partial charge in [0.2, 0.25) is 0 Å². The van der Waals surface area contributed by atoms with Gasteiger partial charge in [-0.2, -0.15) is 0 Å². The van der Waals surface area contributed by atoms with Gasteiger partial charge in [0, 0.05) is 17.1 Å². The van der Waals surface area contributed by atoms with Crippen molar-refractivity contribution < 1.29 is 9.90 Å². The van der Waals surface area contributed by atoms with E-state index in [9.17, 15) is 4.79 Å². The predicted octanol–water partition coefficient (Wildman–Crippen LogP) is 2.85. The number of carboxylic acid groups (broad SMARTS) is 1. The SMILES string of the molecule is O=C(O)c1nc(-c2ccc(Cl)cc2)n2c1CCC2. The summed E-state index contributed by atoms with van der Waals surface area (Å²) in [5, 5.41) is 9.81. The first kappa shape index (κ1) is 11.3. The third-order valence-corrected chi connectivity index (χ3v) is 3.42. The summed E-state index contributed by atoms with van der Waals surface area (Å²) in [5.41, 5.74) is 1.90. The fourth-order valence-corrected chi connectivity index (χ4v) is 2.50. The van der Waals surface area contributed by atoms with Crippen LogP contribution in [0.15, 0.2) is 24.3 Å². The lowest BCUT2D eigenvalue weighted by molar-refractivity contribution is 0.0690. The van der Waals surface area contributed by atoms with E-state index in [4.69, 9.17) is 16.7 Å². The van der Waals surface area contributed by atoms with E-state index >= 15 is 0 Å². The van der Waals surface area contributed by atoms with Gasteiger partial charge >= 0.3 is 5.97 Å². The quantitative estimate of drug-likeness (QED) is 0.905. The Labute approximate surface area is 109 Å². The zero-order valence-corrected chi connectivity index (χ0v) is 10.3. The van der Waals surface area contributed by atoms with E-state index in [1.165, 1.54) is 0 Å². The maximum Gasteiger partial charge on any atom is 0.356 e. The van der Waals surface area contributed by atoms with E-state index in [2.05, 4.69) is 4.98 Å². The molecule has 0 fully saturated rings. The average molecular weight is 263 g/mol. The van der Waals surface area contributed by atoms with Gasteiger partial charge in [0.25, 0.3) is 0 Å². The first-order valence-electron chi connectivity index (χ1n) is 5.75. The van der Waals surface area contributed by atoms with Crippen LogP contribution in [0, 0.1) is 0 Å². The molecule has 0 saturated heterocycles. The second-order valence-electron chi connectivity index (χ2n) is 4.30. The molecule has 1 aromatic carbocycles. The van der Waals surface area contributed by atoms with Crippen molar-refractivity contribution in [2.24, 2.45) is 0 Å². The Morgan fingerprint density at radius 3 is 2.72 bits per heavy atom. The molecule has 18 heavy (non-hydrogen) atoms. The Balaban J connectivity index is 2.15. The van der Waals surface area contributed by atoms with Gasteiger partial charge in [-0.25, -0.2) is 9.78 Å². The highest BCUT2D eigenvalue weighted by molar-refractivity contribution is 6.30. The number of fused-ring (bicyclic) bond motifs is 1. The number of carboxylic acids is 1. The summed E-state index contributed by atoms with van der Waals surface area (Å²) >= 11 is 5.85.